The number of hydrogen-bond acceptors (Lipinski definition) is 3. The highest BCUT2D eigenvalue weighted by molar-refractivity contribution is 5.22. The lowest BCUT2D eigenvalue weighted by atomic mass is 9.68. The van der Waals surface area contributed by atoms with E-state index in [0.29, 0.717) is 11.3 Å². The second kappa shape index (κ2) is 6.91. The monoisotopic (exact) mass is 287 g/mol. The van der Waals surface area contributed by atoms with Gasteiger partial charge in [0.15, 0.2) is 0 Å². The molecular formula is C18H29N3. The van der Waals surface area contributed by atoms with E-state index in [4.69, 9.17) is 0 Å². The summed E-state index contributed by atoms with van der Waals surface area (Å²) in [6.45, 7) is 10.7. The summed E-state index contributed by atoms with van der Waals surface area (Å²) in [7, 11) is 0. The van der Waals surface area contributed by atoms with Crippen LogP contribution in [0.1, 0.15) is 31.2 Å². The summed E-state index contributed by atoms with van der Waals surface area (Å²) in [6.07, 6.45) is 2.66. The van der Waals surface area contributed by atoms with Crippen LogP contribution in [0.2, 0.25) is 0 Å². The van der Waals surface area contributed by atoms with Gasteiger partial charge in [-0.3, -0.25) is 0 Å². The fourth-order valence-corrected chi connectivity index (χ4v) is 4.04. The molecule has 3 rings (SSSR count). The largest absolute Gasteiger partial charge is 0.316 e. The Balaban J connectivity index is 1.78. The van der Waals surface area contributed by atoms with Gasteiger partial charge < -0.3 is 15.5 Å². The van der Waals surface area contributed by atoms with Gasteiger partial charge in [-0.25, -0.2) is 0 Å². The zero-order valence-corrected chi connectivity index (χ0v) is 13.3. The van der Waals surface area contributed by atoms with Crippen LogP contribution in [0.3, 0.4) is 0 Å². The van der Waals surface area contributed by atoms with E-state index in [1.807, 2.05) is 0 Å². The minimum Gasteiger partial charge on any atom is -0.316 e. The Hall–Kier alpha value is -0.900. The first-order valence-corrected chi connectivity index (χ1v) is 8.49. The number of nitrogens with one attached hydrogen (secondary N) is 2. The Morgan fingerprint density at radius 3 is 2.52 bits per heavy atom. The van der Waals surface area contributed by atoms with Crippen molar-refractivity contribution in [2.45, 2.75) is 25.7 Å². The van der Waals surface area contributed by atoms with Crippen LogP contribution in [-0.2, 0) is 0 Å². The van der Waals surface area contributed by atoms with Crippen molar-refractivity contribution in [1.29, 1.82) is 0 Å². The third-order valence-electron chi connectivity index (χ3n) is 5.47. The van der Waals surface area contributed by atoms with Gasteiger partial charge in [0.2, 0.25) is 0 Å². The van der Waals surface area contributed by atoms with Crippen LogP contribution < -0.4 is 10.6 Å². The molecule has 0 aliphatic carbocycles. The van der Waals surface area contributed by atoms with E-state index in [1.54, 1.807) is 0 Å². The number of piperazine rings is 1. The van der Waals surface area contributed by atoms with E-state index in [0.717, 1.165) is 19.6 Å². The normalized spacial score (nSPS) is 29.2. The standard InChI is InChI=1S/C18H29N3/c1-16(17-6-3-2-4-7-17)18(8-5-9-20-14-18)15-21-12-10-19-11-13-21/h2-4,6-7,16,19-20H,5,8-15H2,1H3/t16?,18-/m1/s1. The van der Waals surface area contributed by atoms with E-state index < -0.39 is 0 Å². The second-order valence-electron chi connectivity index (χ2n) is 6.80. The zero-order valence-electron chi connectivity index (χ0n) is 13.3. The van der Waals surface area contributed by atoms with Gasteiger partial charge in [0.1, 0.15) is 0 Å². The van der Waals surface area contributed by atoms with Gasteiger partial charge in [0, 0.05) is 44.7 Å². The maximum atomic E-state index is 3.67. The highest BCUT2D eigenvalue weighted by atomic mass is 15.2. The quantitative estimate of drug-likeness (QED) is 0.888. The average Bonchev–Trinajstić information content (AvgIpc) is 2.57. The lowest BCUT2D eigenvalue weighted by molar-refractivity contribution is 0.0855. The Morgan fingerprint density at radius 2 is 1.86 bits per heavy atom. The molecule has 2 fully saturated rings. The van der Waals surface area contributed by atoms with Crippen LogP contribution in [0.4, 0.5) is 0 Å². The molecule has 0 bridgehead atoms. The predicted octanol–water partition coefficient (Wildman–Crippen LogP) is 2.07. The molecule has 21 heavy (non-hydrogen) atoms. The summed E-state index contributed by atoms with van der Waals surface area (Å²) in [5.74, 6) is 0.612. The lowest BCUT2D eigenvalue weighted by Crippen LogP contribution is -2.54. The maximum Gasteiger partial charge on any atom is 0.0108 e. The van der Waals surface area contributed by atoms with Gasteiger partial charge >= 0.3 is 0 Å². The van der Waals surface area contributed by atoms with Crippen molar-refractivity contribution in [1.82, 2.24) is 15.5 Å². The molecule has 116 valence electrons. The molecule has 2 aliphatic heterocycles. The van der Waals surface area contributed by atoms with Gasteiger partial charge in [-0.1, -0.05) is 37.3 Å². The Morgan fingerprint density at radius 1 is 1.10 bits per heavy atom. The van der Waals surface area contributed by atoms with Crippen LogP contribution >= 0.6 is 0 Å². The Labute approximate surface area is 129 Å². The number of rotatable bonds is 4. The number of benzene rings is 1. The maximum absolute atomic E-state index is 3.67. The van der Waals surface area contributed by atoms with Gasteiger partial charge in [-0.15, -0.1) is 0 Å². The average molecular weight is 287 g/mol. The topological polar surface area (TPSA) is 27.3 Å². The summed E-state index contributed by atoms with van der Waals surface area (Å²) in [6, 6.07) is 11.1. The van der Waals surface area contributed by atoms with Crippen molar-refractivity contribution in [2.24, 2.45) is 5.41 Å². The molecule has 1 unspecified atom stereocenters. The van der Waals surface area contributed by atoms with Crippen molar-refractivity contribution >= 4 is 0 Å². The molecule has 3 heteroatoms. The predicted molar refractivity (Wildman–Crippen MR) is 88.7 cm³/mol. The van der Waals surface area contributed by atoms with Crippen LogP contribution in [-0.4, -0.2) is 50.7 Å². The van der Waals surface area contributed by atoms with E-state index in [-0.39, 0.29) is 0 Å². The molecule has 0 amide bonds. The Kier molecular flexibility index (Phi) is 4.94. The number of nitrogens with zero attached hydrogens (tertiary/aromatic N) is 1. The van der Waals surface area contributed by atoms with Crippen LogP contribution in [0.25, 0.3) is 0 Å². The molecule has 0 aromatic heterocycles. The Bertz CT molecular complexity index is 419. The van der Waals surface area contributed by atoms with Crippen LogP contribution in [0, 0.1) is 5.41 Å². The lowest BCUT2D eigenvalue weighted by Gasteiger charge is -2.46. The second-order valence-corrected chi connectivity index (χ2v) is 6.80. The third kappa shape index (κ3) is 3.47. The smallest absolute Gasteiger partial charge is 0.0108 e. The summed E-state index contributed by atoms with van der Waals surface area (Å²) >= 11 is 0. The van der Waals surface area contributed by atoms with E-state index in [2.05, 4.69) is 52.8 Å². The molecule has 2 saturated heterocycles. The van der Waals surface area contributed by atoms with Gasteiger partial charge in [0.05, 0.1) is 0 Å². The van der Waals surface area contributed by atoms with Gasteiger partial charge in [-0.05, 0) is 30.9 Å². The van der Waals surface area contributed by atoms with Crippen LogP contribution in [0.15, 0.2) is 30.3 Å². The van der Waals surface area contributed by atoms with Gasteiger partial charge in [0.25, 0.3) is 0 Å². The summed E-state index contributed by atoms with van der Waals surface area (Å²) in [5, 5.41) is 7.14. The molecule has 1 aromatic carbocycles. The molecule has 2 heterocycles. The zero-order chi connectivity index (χ0) is 14.5. The third-order valence-corrected chi connectivity index (χ3v) is 5.47. The van der Waals surface area contributed by atoms with Crippen molar-refractivity contribution in [3.05, 3.63) is 35.9 Å². The molecule has 2 N–H and O–H groups in total. The van der Waals surface area contributed by atoms with Crippen molar-refractivity contribution in [3.8, 4) is 0 Å². The first-order chi connectivity index (χ1) is 10.3. The van der Waals surface area contributed by atoms with Crippen LogP contribution in [0.5, 0.6) is 0 Å². The van der Waals surface area contributed by atoms with Crippen molar-refractivity contribution in [2.75, 3.05) is 45.8 Å². The minimum absolute atomic E-state index is 0.386. The first kappa shape index (κ1) is 15.0. The van der Waals surface area contributed by atoms with E-state index in [1.165, 1.54) is 44.6 Å². The fraction of sp³-hybridized carbons (Fsp3) is 0.667. The first-order valence-electron chi connectivity index (χ1n) is 8.49. The fourth-order valence-electron chi connectivity index (χ4n) is 4.04. The van der Waals surface area contributed by atoms with Crippen molar-refractivity contribution in [3.63, 3.8) is 0 Å². The molecule has 3 nitrogen and oxygen atoms in total. The van der Waals surface area contributed by atoms with E-state index >= 15 is 0 Å². The summed E-state index contributed by atoms with van der Waals surface area (Å²) in [5.41, 5.74) is 1.88. The minimum atomic E-state index is 0.386. The summed E-state index contributed by atoms with van der Waals surface area (Å²) in [4.78, 5) is 2.67. The number of hydrogen-bond donors (Lipinski definition) is 2. The highest BCUT2D eigenvalue weighted by Gasteiger charge is 2.39. The molecule has 0 spiro atoms. The molecular weight excluding hydrogens is 258 g/mol. The highest BCUT2D eigenvalue weighted by Crippen LogP contribution is 2.41. The van der Waals surface area contributed by atoms with Crippen molar-refractivity contribution < 1.29 is 0 Å². The van der Waals surface area contributed by atoms with E-state index in [9.17, 15) is 0 Å². The molecule has 2 aliphatic rings. The molecule has 0 saturated carbocycles. The molecule has 0 radical (unpaired) electrons. The number of piperidine rings is 1. The summed E-state index contributed by atoms with van der Waals surface area (Å²) < 4.78 is 0. The van der Waals surface area contributed by atoms with Gasteiger partial charge in [-0.2, -0.15) is 0 Å². The SMILES string of the molecule is CC(c1ccccc1)[C@]1(CN2CCNCC2)CCCNC1. The molecule has 1 aromatic rings. The molecule has 2 atom stereocenters.